The van der Waals surface area contributed by atoms with Crippen LogP contribution in [0.2, 0.25) is 0 Å². The fourth-order valence-electron chi connectivity index (χ4n) is 1.90. The van der Waals surface area contributed by atoms with Gasteiger partial charge in [0.25, 0.3) is 0 Å². The molecule has 5 heteroatoms. The summed E-state index contributed by atoms with van der Waals surface area (Å²) in [6.45, 7) is 9.37. The number of methoxy groups -OCH3 is 1. The molecule has 0 bridgehead atoms. The van der Waals surface area contributed by atoms with Gasteiger partial charge in [-0.25, -0.2) is 0 Å². The van der Waals surface area contributed by atoms with Crippen LogP contribution in [0.5, 0.6) is 0 Å². The number of ether oxygens (including phenoxy) is 1. The maximum atomic E-state index is 11.6. The average Bonchev–Trinajstić information content (AvgIpc) is 2.76. The number of aromatic nitrogens is 2. The first kappa shape index (κ1) is 14.8. The van der Waals surface area contributed by atoms with Crippen molar-refractivity contribution in [1.82, 2.24) is 10.1 Å². The van der Waals surface area contributed by atoms with Crippen LogP contribution < -0.4 is 0 Å². The Morgan fingerprint density at radius 3 is 2.50 bits per heavy atom. The number of hydrogen-bond acceptors (Lipinski definition) is 5. The maximum Gasteiger partial charge on any atom is 0.237 e. The van der Waals surface area contributed by atoms with Crippen molar-refractivity contribution < 1.29 is 14.1 Å². The highest BCUT2D eigenvalue weighted by Gasteiger charge is 2.33. The molecule has 0 saturated carbocycles. The van der Waals surface area contributed by atoms with Crippen molar-refractivity contribution in [1.29, 1.82) is 0 Å². The van der Waals surface area contributed by atoms with E-state index in [1.165, 1.54) is 0 Å². The van der Waals surface area contributed by atoms with E-state index in [4.69, 9.17) is 9.26 Å². The molecule has 1 rings (SSSR count). The fraction of sp³-hybridized carbons (Fsp3) is 0.769. The molecule has 0 radical (unpaired) electrons. The monoisotopic (exact) mass is 254 g/mol. The standard InChI is InChI=1S/C13H22N2O3/c1-7-13(5,17-6)12-14-11(18-15-12)10(8(2)3)9(4)16/h8,10H,7H2,1-6H3. The molecule has 1 aromatic rings. The van der Waals surface area contributed by atoms with Crippen LogP contribution in [0.4, 0.5) is 0 Å². The van der Waals surface area contributed by atoms with Crippen LogP contribution in [-0.2, 0) is 15.1 Å². The van der Waals surface area contributed by atoms with Gasteiger partial charge in [0.15, 0.2) is 0 Å². The molecule has 0 spiro atoms. The molecule has 0 aliphatic heterocycles. The van der Waals surface area contributed by atoms with Crippen molar-refractivity contribution in [2.75, 3.05) is 7.11 Å². The van der Waals surface area contributed by atoms with Gasteiger partial charge in [-0.15, -0.1) is 0 Å². The second-order valence-corrected chi connectivity index (χ2v) is 5.08. The first-order valence-electron chi connectivity index (χ1n) is 6.25. The van der Waals surface area contributed by atoms with Gasteiger partial charge in [-0.2, -0.15) is 4.98 Å². The van der Waals surface area contributed by atoms with Crippen molar-refractivity contribution in [3.05, 3.63) is 11.7 Å². The van der Waals surface area contributed by atoms with Crippen molar-refractivity contribution in [3.8, 4) is 0 Å². The van der Waals surface area contributed by atoms with E-state index in [9.17, 15) is 4.79 Å². The van der Waals surface area contributed by atoms with E-state index < -0.39 is 5.60 Å². The quantitative estimate of drug-likeness (QED) is 0.780. The lowest BCUT2D eigenvalue weighted by molar-refractivity contribution is -0.119. The van der Waals surface area contributed by atoms with Crippen molar-refractivity contribution in [2.24, 2.45) is 5.92 Å². The highest BCUT2D eigenvalue weighted by molar-refractivity contribution is 5.82. The summed E-state index contributed by atoms with van der Waals surface area (Å²) in [4.78, 5) is 16.0. The molecule has 0 aliphatic rings. The Labute approximate surface area is 108 Å². The van der Waals surface area contributed by atoms with E-state index in [-0.39, 0.29) is 17.6 Å². The lowest BCUT2D eigenvalue weighted by Gasteiger charge is -2.22. The van der Waals surface area contributed by atoms with Gasteiger partial charge in [-0.1, -0.05) is 25.9 Å². The van der Waals surface area contributed by atoms with Crippen LogP contribution in [0.1, 0.15) is 58.7 Å². The number of nitrogens with zero attached hydrogens (tertiary/aromatic N) is 2. The number of carbonyl (C=O) groups is 1. The number of rotatable bonds is 6. The predicted molar refractivity (Wildman–Crippen MR) is 67.2 cm³/mol. The smallest absolute Gasteiger partial charge is 0.237 e. The number of Topliss-reactive ketones (excluding diaryl/α,β-unsaturated/α-hetero) is 1. The van der Waals surface area contributed by atoms with Gasteiger partial charge in [-0.05, 0) is 26.2 Å². The SMILES string of the molecule is CCC(C)(OC)c1noc(C(C(C)=O)C(C)C)n1. The largest absolute Gasteiger partial charge is 0.370 e. The van der Waals surface area contributed by atoms with Gasteiger partial charge in [-0.3, -0.25) is 4.79 Å². The van der Waals surface area contributed by atoms with Crippen LogP contribution in [0.3, 0.4) is 0 Å². The zero-order chi connectivity index (χ0) is 13.9. The van der Waals surface area contributed by atoms with Gasteiger partial charge in [0.05, 0.1) is 5.92 Å². The van der Waals surface area contributed by atoms with E-state index in [1.807, 2.05) is 27.7 Å². The van der Waals surface area contributed by atoms with Crippen LogP contribution in [0.15, 0.2) is 4.52 Å². The molecule has 0 fully saturated rings. The second-order valence-electron chi connectivity index (χ2n) is 5.08. The molecule has 18 heavy (non-hydrogen) atoms. The molecular formula is C13H22N2O3. The van der Waals surface area contributed by atoms with Crippen LogP contribution >= 0.6 is 0 Å². The Morgan fingerprint density at radius 1 is 1.50 bits per heavy atom. The first-order valence-corrected chi connectivity index (χ1v) is 6.25. The molecule has 0 aliphatic carbocycles. The molecule has 0 aromatic carbocycles. The number of carbonyl (C=O) groups excluding carboxylic acids is 1. The van der Waals surface area contributed by atoms with Gasteiger partial charge in [0.2, 0.25) is 11.7 Å². The molecule has 1 aromatic heterocycles. The summed E-state index contributed by atoms with van der Waals surface area (Å²) in [6, 6.07) is 0. The molecule has 102 valence electrons. The molecule has 5 nitrogen and oxygen atoms in total. The minimum Gasteiger partial charge on any atom is -0.370 e. The minimum atomic E-state index is -0.569. The molecule has 0 N–H and O–H groups in total. The minimum absolute atomic E-state index is 0.0378. The highest BCUT2D eigenvalue weighted by atomic mass is 16.5. The van der Waals surface area contributed by atoms with E-state index in [0.29, 0.717) is 11.7 Å². The zero-order valence-electron chi connectivity index (χ0n) is 12.0. The molecular weight excluding hydrogens is 232 g/mol. The Kier molecular flexibility index (Phi) is 4.62. The molecule has 2 atom stereocenters. The van der Waals surface area contributed by atoms with Crippen molar-refractivity contribution >= 4 is 5.78 Å². The van der Waals surface area contributed by atoms with Gasteiger partial charge < -0.3 is 9.26 Å². The topological polar surface area (TPSA) is 65.2 Å². The lowest BCUT2D eigenvalue weighted by Crippen LogP contribution is -2.25. The Balaban J connectivity index is 3.09. The summed E-state index contributed by atoms with van der Waals surface area (Å²) in [7, 11) is 1.62. The zero-order valence-corrected chi connectivity index (χ0v) is 12.0. The first-order chi connectivity index (χ1) is 8.35. The highest BCUT2D eigenvalue weighted by Crippen LogP contribution is 2.29. The lowest BCUT2D eigenvalue weighted by atomic mass is 9.92. The summed E-state index contributed by atoms with van der Waals surface area (Å²) in [6.07, 6.45) is 0.731. The number of ketones is 1. The third-order valence-corrected chi connectivity index (χ3v) is 3.41. The normalized spacial score (nSPS) is 16.6. The molecule has 1 heterocycles. The van der Waals surface area contributed by atoms with Gasteiger partial charge in [0.1, 0.15) is 11.4 Å². The summed E-state index contributed by atoms with van der Waals surface area (Å²) in [5.74, 6) is 0.699. The molecule has 0 saturated heterocycles. The summed E-state index contributed by atoms with van der Waals surface area (Å²) < 4.78 is 10.7. The van der Waals surface area contributed by atoms with E-state index in [0.717, 1.165) is 6.42 Å². The summed E-state index contributed by atoms with van der Waals surface area (Å²) >= 11 is 0. The average molecular weight is 254 g/mol. The Morgan fingerprint density at radius 2 is 2.11 bits per heavy atom. The van der Waals surface area contributed by atoms with Crippen LogP contribution in [0, 0.1) is 5.92 Å². The van der Waals surface area contributed by atoms with Crippen LogP contribution in [0.25, 0.3) is 0 Å². The number of hydrogen-bond donors (Lipinski definition) is 0. The summed E-state index contributed by atoms with van der Waals surface area (Å²) in [5, 5.41) is 3.95. The van der Waals surface area contributed by atoms with Crippen LogP contribution in [-0.4, -0.2) is 23.0 Å². The van der Waals surface area contributed by atoms with E-state index in [1.54, 1.807) is 14.0 Å². The molecule has 2 unspecified atom stereocenters. The predicted octanol–water partition coefficient (Wildman–Crippen LogP) is 2.67. The van der Waals surface area contributed by atoms with Crippen molar-refractivity contribution in [2.45, 2.75) is 52.6 Å². The fourth-order valence-corrected chi connectivity index (χ4v) is 1.90. The third-order valence-electron chi connectivity index (χ3n) is 3.41. The van der Waals surface area contributed by atoms with E-state index >= 15 is 0 Å². The molecule has 0 amide bonds. The Hall–Kier alpha value is -1.23. The van der Waals surface area contributed by atoms with E-state index in [2.05, 4.69) is 10.1 Å². The third kappa shape index (κ3) is 2.77. The van der Waals surface area contributed by atoms with Crippen molar-refractivity contribution in [3.63, 3.8) is 0 Å². The second kappa shape index (κ2) is 5.61. The van der Waals surface area contributed by atoms with Gasteiger partial charge >= 0.3 is 0 Å². The van der Waals surface area contributed by atoms with Gasteiger partial charge in [0, 0.05) is 7.11 Å². The summed E-state index contributed by atoms with van der Waals surface area (Å²) in [5.41, 5.74) is -0.569. The maximum absolute atomic E-state index is 11.6. The Bertz CT molecular complexity index is 408.